The summed E-state index contributed by atoms with van der Waals surface area (Å²) in [5.41, 5.74) is 0. The first-order valence-corrected chi connectivity index (χ1v) is 9.00. The molecule has 1 heterocycles. The Labute approximate surface area is 122 Å². The largest absolute Gasteiger partial charge is 0.480 e. The second-order valence-electron chi connectivity index (χ2n) is 4.32. The van der Waals surface area contributed by atoms with Crippen LogP contribution in [0.1, 0.15) is 26.7 Å². The van der Waals surface area contributed by atoms with Gasteiger partial charge >= 0.3 is 11.9 Å². The SMILES string of the molecule is CCCC1SCC(C(=O)O)N1S(=O)(=O)CC(=O)OCC. The molecule has 0 aromatic rings. The third-order valence-electron chi connectivity index (χ3n) is 2.78. The third kappa shape index (κ3) is 4.10. The van der Waals surface area contributed by atoms with E-state index in [4.69, 9.17) is 5.11 Å². The fourth-order valence-electron chi connectivity index (χ4n) is 1.99. The van der Waals surface area contributed by atoms with Gasteiger partial charge in [-0.05, 0) is 13.3 Å². The van der Waals surface area contributed by atoms with Crippen molar-refractivity contribution in [1.82, 2.24) is 4.31 Å². The van der Waals surface area contributed by atoms with Gasteiger partial charge in [0, 0.05) is 5.75 Å². The number of thioether (sulfide) groups is 1. The molecule has 7 nitrogen and oxygen atoms in total. The topological polar surface area (TPSA) is 101 Å². The highest BCUT2D eigenvalue weighted by Gasteiger charge is 2.46. The average Bonchev–Trinajstić information content (AvgIpc) is 2.73. The van der Waals surface area contributed by atoms with Crippen molar-refractivity contribution in [3.8, 4) is 0 Å². The van der Waals surface area contributed by atoms with E-state index in [1.54, 1.807) is 6.92 Å². The van der Waals surface area contributed by atoms with Crippen molar-refractivity contribution in [2.45, 2.75) is 38.1 Å². The molecule has 0 spiro atoms. The Morgan fingerprint density at radius 2 is 2.05 bits per heavy atom. The van der Waals surface area contributed by atoms with Gasteiger partial charge in [-0.2, -0.15) is 4.31 Å². The maximum atomic E-state index is 12.3. The van der Waals surface area contributed by atoms with Crippen molar-refractivity contribution < 1.29 is 27.9 Å². The molecule has 2 atom stereocenters. The molecule has 20 heavy (non-hydrogen) atoms. The molecule has 1 saturated heterocycles. The number of nitrogens with zero attached hydrogens (tertiary/aromatic N) is 1. The minimum Gasteiger partial charge on any atom is -0.480 e. The summed E-state index contributed by atoms with van der Waals surface area (Å²) in [4.78, 5) is 22.6. The molecule has 0 aromatic carbocycles. The summed E-state index contributed by atoms with van der Waals surface area (Å²) >= 11 is 1.29. The van der Waals surface area contributed by atoms with E-state index in [1.807, 2.05) is 6.92 Å². The molecule has 1 rings (SSSR count). The number of hydrogen-bond donors (Lipinski definition) is 1. The molecule has 1 fully saturated rings. The van der Waals surface area contributed by atoms with Gasteiger partial charge in [-0.3, -0.25) is 9.59 Å². The molecule has 2 unspecified atom stereocenters. The van der Waals surface area contributed by atoms with Crippen LogP contribution in [-0.2, 0) is 24.3 Å². The van der Waals surface area contributed by atoms with Crippen LogP contribution in [0.4, 0.5) is 0 Å². The van der Waals surface area contributed by atoms with Gasteiger partial charge in [-0.15, -0.1) is 11.8 Å². The van der Waals surface area contributed by atoms with Crippen molar-refractivity contribution in [3.63, 3.8) is 0 Å². The molecule has 1 N–H and O–H groups in total. The minimum absolute atomic E-state index is 0.0872. The van der Waals surface area contributed by atoms with Gasteiger partial charge in [0.05, 0.1) is 12.0 Å². The van der Waals surface area contributed by atoms with Crippen molar-refractivity contribution in [2.75, 3.05) is 18.1 Å². The molecule has 0 aliphatic carbocycles. The second-order valence-corrected chi connectivity index (χ2v) is 7.41. The zero-order chi connectivity index (χ0) is 15.3. The summed E-state index contributed by atoms with van der Waals surface area (Å²) in [6.45, 7) is 3.56. The lowest BCUT2D eigenvalue weighted by atomic mass is 10.3. The normalized spacial score (nSPS) is 23.7. The van der Waals surface area contributed by atoms with Crippen LogP contribution in [0.25, 0.3) is 0 Å². The maximum absolute atomic E-state index is 12.3. The number of carboxylic acid groups (broad SMARTS) is 1. The standard InChI is InChI=1S/C11H19NO6S2/c1-3-5-9-12(8(6-19-9)11(14)15)20(16,17)7-10(13)18-4-2/h8-9H,3-7H2,1-2H3,(H,14,15). The number of carbonyl (C=O) groups is 2. The number of sulfonamides is 1. The average molecular weight is 325 g/mol. The lowest BCUT2D eigenvalue weighted by Crippen LogP contribution is -2.47. The number of ether oxygens (including phenoxy) is 1. The van der Waals surface area contributed by atoms with Gasteiger partial charge in [0.1, 0.15) is 6.04 Å². The van der Waals surface area contributed by atoms with E-state index in [9.17, 15) is 18.0 Å². The lowest BCUT2D eigenvalue weighted by Gasteiger charge is -2.25. The molecule has 0 amide bonds. The predicted octanol–water partition coefficient (Wildman–Crippen LogP) is 0.507. The van der Waals surface area contributed by atoms with Gasteiger partial charge < -0.3 is 9.84 Å². The molecule has 0 aromatic heterocycles. The van der Waals surface area contributed by atoms with Crippen molar-refractivity contribution >= 4 is 33.7 Å². The summed E-state index contributed by atoms with van der Waals surface area (Å²) in [7, 11) is -3.99. The van der Waals surface area contributed by atoms with Crippen LogP contribution in [-0.4, -0.2) is 59.3 Å². The third-order valence-corrected chi connectivity index (χ3v) is 6.03. The summed E-state index contributed by atoms with van der Waals surface area (Å²) < 4.78 is 30.1. The smallest absolute Gasteiger partial charge is 0.322 e. The Morgan fingerprint density at radius 1 is 1.40 bits per heavy atom. The summed E-state index contributed by atoms with van der Waals surface area (Å²) in [5.74, 6) is -2.67. The minimum atomic E-state index is -3.99. The van der Waals surface area contributed by atoms with Gasteiger partial charge in [0.15, 0.2) is 5.75 Å². The van der Waals surface area contributed by atoms with E-state index in [1.165, 1.54) is 11.8 Å². The lowest BCUT2D eigenvalue weighted by molar-refractivity contribution is -0.142. The molecule has 116 valence electrons. The van der Waals surface area contributed by atoms with Crippen LogP contribution in [0.3, 0.4) is 0 Å². The molecule has 0 radical (unpaired) electrons. The number of rotatable bonds is 7. The van der Waals surface area contributed by atoms with E-state index in [-0.39, 0.29) is 12.4 Å². The molecular formula is C11H19NO6S2. The Bertz CT molecular complexity index is 464. The molecule has 0 bridgehead atoms. The molecule has 0 saturated carbocycles. The number of hydrogen-bond acceptors (Lipinski definition) is 6. The summed E-state index contributed by atoms with van der Waals surface area (Å²) in [6.07, 6.45) is 1.28. The first-order valence-electron chi connectivity index (χ1n) is 6.34. The van der Waals surface area contributed by atoms with Crippen LogP contribution in [0, 0.1) is 0 Å². The zero-order valence-corrected chi connectivity index (χ0v) is 13.1. The van der Waals surface area contributed by atoms with E-state index in [0.29, 0.717) is 6.42 Å². The Morgan fingerprint density at radius 3 is 2.55 bits per heavy atom. The van der Waals surface area contributed by atoms with Crippen molar-refractivity contribution in [1.29, 1.82) is 0 Å². The molecule has 9 heteroatoms. The van der Waals surface area contributed by atoms with E-state index in [2.05, 4.69) is 4.74 Å². The van der Waals surface area contributed by atoms with Crippen molar-refractivity contribution in [2.24, 2.45) is 0 Å². The molecule has 1 aliphatic rings. The summed E-state index contributed by atoms with van der Waals surface area (Å²) in [5, 5.41) is 8.70. The first kappa shape index (κ1) is 17.3. The Kier molecular flexibility index (Phi) is 6.28. The number of aliphatic carboxylic acids is 1. The quantitative estimate of drug-likeness (QED) is 0.680. The van der Waals surface area contributed by atoms with Gasteiger partial charge in [0.25, 0.3) is 0 Å². The van der Waals surface area contributed by atoms with Crippen LogP contribution < -0.4 is 0 Å². The fraction of sp³-hybridized carbons (Fsp3) is 0.818. The van der Waals surface area contributed by atoms with E-state index in [0.717, 1.165) is 10.7 Å². The van der Waals surface area contributed by atoms with Gasteiger partial charge in [-0.1, -0.05) is 13.3 Å². The second kappa shape index (κ2) is 7.28. The Hall–Kier alpha value is -0.800. The van der Waals surface area contributed by atoms with Crippen molar-refractivity contribution in [3.05, 3.63) is 0 Å². The highest BCUT2D eigenvalue weighted by molar-refractivity contribution is 8.01. The fourth-order valence-corrected chi connectivity index (χ4v) is 5.61. The Balaban J connectivity index is 2.95. The highest BCUT2D eigenvalue weighted by atomic mass is 32.2. The van der Waals surface area contributed by atoms with E-state index >= 15 is 0 Å². The monoisotopic (exact) mass is 325 g/mol. The molecular weight excluding hydrogens is 306 g/mol. The van der Waals surface area contributed by atoms with Crippen LogP contribution >= 0.6 is 11.8 Å². The number of carbonyl (C=O) groups excluding carboxylic acids is 1. The predicted molar refractivity (Wildman–Crippen MR) is 74.8 cm³/mol. The zero-order valence-electron chi connectivity index (χ0n) is 11.4. The van der Waals surface area contributed by atoms with Gasteiger partial charge in [-0.25, -0.2) is 8.42 Å². The summed E-state index contributed by atoms with van der Waals surface area (Å²) in [6, 6.07) is -1.11. The van der Waals surface area contributed by atoms with Crippen LogP contribution in [0.2, 0.25) is 0 Å². The number of esters is 1. The van der Waals surface area contributed by atoms with E-state index < -0.39 is 39.1 Å². The van der Waals surface area contributed by atoms with Gasteiger partial charge in [0.2, 0.25) is 10.0 Å². The highest BCUT2D eigenvalue weighted by Crippen LogP contribution is 2.34. The first-order chi connectivity index (χ1) is 9.33. The number of carboxylic acids is 1. The molecule has 1 aliphatic heterocycles. The van der Waals surface area contributed by atoms with Crippen LogP contribution in [0.5, 0.6) is 0 Å². The van der Waals surface area contributed by atoms with Crippen LogP contribution in [0.15, 0.2) is 0 Å². The maximum Gasteiger partial charge on any atom is 0.322 e.